The van der Waals surface area contributed by atoms with Gasteiger partial charge in [0.25, 0.3) is 0 Å². The normalized spacial score (nSPS) is 9.81. The van der Waals surface area contributed by atoms with E-state index in [1.165, 1.54) is 16.0 Å². The molecule has 0 saturated carbocycles. The van der Waals surface area contributed by atoms with Crippen LogP contribution >= 0.6 is 35.3 Å². The van der Waals surface area contributed by atoms with E-state index in [0.29, 0.717) is 9.47 Å². The average Bonchev–Trinajstić information content (AvgIpc) is 2.88. The Morgan fingerprint density at radius 2 is 2.00 bits per heavy atom. The molecule has 0 saturated heterocycles. The number of nitrogens with zero attached hydrogens (tertiary/aromatic N) is 3. The van der Waals surface area contributed by atoms with Gasteiger partial charge in [0, 0.05) is 0 Å². The van der Waals surface area contributed by atoms with E-state index in [0.717, 1.165) is 5.52 Å². The summed E-state index contributed by atoms with van der Waals surface area (Å²) >= 11 is 6.81. The van der Waals surface area contributed by atoms with Gasteiger partial charge in [-0.3, -0.25) is 0 Å². The fraction of sp³-hybridized carbons (Fsp3) is 0. The molecule has 0 spiro atoms. The summed E-state index contributed by atoms with van der Waals surface area (Å²) in [6, 6.07) is 8.13. The van der Waals surface area contributed by atoms with Crippen molar-refractivity contribution in [1.29, 1.82) is 0 Å². The van der Waals surface area contributed by atoms with Crippen molar-refractivity contribution < 1.29 is 0 Å². The Balaban J connectivity index is 0.000000125. The second kappa shape index (κ2) is 5.24. The van der Waals surface area contributed by atoms with Crippen LogP contribution in [0.5, 0.6) is 0 Å². The van der Waals surface area contributed by atoms with Crippen LogP contribution in [0.2, 0.25) is 0 Å². The number of hydrogen-bond acceptors (Lipinski definition) is 7. The minimum absolute atomic E-state index is 0.463. The van der Waals surface area contributed by atoms with Crippen molar-refractivity contribution in [3.63, 3.8) is 0 Å². The molecule has 0 aliphatic carbocycles. The lowest BCUT2D eigenvalue weighted by Gasteiger charge is -1.80. The van der Waals surface area contributed by atoms with Crippen LogP contribution in [0.4, 0.5) is 5.13 Å². The molecule has 82 valence electrons. The molecule has 0 fully saturated rings. The maximum atomic E-state index is 5.17. The number of fused-ring (bicyclic) bond motifs is 1. The van der Waals surface area contributed by atoms with Crippen LogP contribution in [-0.4, -0.2) is 15.2 Å². The molecule has 2 aromatic heterocycles. The number of para-hydroxylation sites is 1. The summed E-state index contributed by atoms with van der Waals surface area (Å²) in [6.45, 7) is 0. The molecule has 3 aromatic rings. The molecule has 0 aliphatic heterocycles. The van der Waals surface area contributed by atoms with Gasteiger partial charge in [-0.25, -0.2) is 4.98 Å². The molecule has 0 bridgehead atoms. The summed E-state index contributed by atoms with van der Waals surface area (Å²) in [5.41, 5.74) is 8.14. The minimum atomic E-state index is 0.463. The van der Waals surface area contributed by atoms with Crippen LogP contribution in [0.25, 0.3) is 10.2 Å². The van der Waals surface area contributed by atoms with Gasteiger partial charge in [-0.15, -0.1) is 34.2 Å². The Bertz CT molecular complexity index is 528. The molecule has 1 aromatic carbocycles. The smallest absolute Gasteiger partial charge is 0.203 e. The van der Waals surface area contributed by atoms with Crippen molar-refractivity contribution in [2.75, 3.05) is 5.73 Å². The molecule has 2 N–H and O–H groups in total. The highest BCUT2D eigenvalue weighted by atomic mass is 32.2. The Hall–Kier alpha value is -1.18. The van der Waals surface area contributed by atoms with E-state index in [1.54, 1.807) is 11.3 Å². The third-order valence-corrected chi connectivity index (χ3v) is 3.39. The number of thiol groups is 1. The molecular weight excluding hydrogens is 260 g/mol. The summed E-state index contributed by atoms with van der Waals surface area (Å²) in [7, 11) is 0. The van der Waals surface area contributed by atoms with Gasteiger partial charge in [-0.2, -0.15) is 0 Å². The Labute approximate surface area is 106 Å². The largest absolute Gasteiger partial charge is 0.374 e. The summed E-state index contributed by atoms with van der Waals surface area (Å²) in [5, 5.41) is 7.47. The van der Waals surface area contributed by atoms with E-state index in [9.17, 15) is 0 Å². The zero-order chi connectivity index (χ0) is 11.4. The Kier molecular flexibility index (Phi) is 3.70. The van der Waals surface area contributed by atoms with E-state index in [4.69, 9.17) is 5.73 Å². The molecule has 0 radical (unpaired) electrons. The van der Waals surface area contributed by atoms with Crippen molar-refractivity contribution in [3.05, 3.63) is 29.8 Å². The monoisotopic (exact) mass is 268 g/mol. The second-order valence-corrected chi connectivity index (χ2v) is 5.36. The SMILES string of the molecule is Nc1nnc(S)s1.c1ccc2scnc2c1. The summed E-state index contributed by atoms with van der Waals surface area (Å²) < 4.78 is 1.87. The summed E-state index contributed by atoms with van der Waals surface area (Å²) in [4.78, 5) is 4.14. The topological polar surface area (TPSA) is 64.7 Å². The van der Waals surface area contributed by atoms with Crippen molar-refractivity contribution in [2.45, 2.75) is 4.34 Å². The number of hydrogen-bond donors (Lipinski definition) is 2. The number of thiazole rings is 1. The maximum Gasteiger partial charge on any atom is 0.203 e. The number of nitrogen functional groups attached to an aromatic ring is 1. The van der Waals surface area contributed by atoms with Gasteiger partial charge in [0.2, 0.25) is 5.13 Å². The van der Waals surface area contributed by atoms with Gasteiger partial charge in [0.1, 0.15) is 0 Å². The fourth-order valence-corrected chi connectivity index (χ4v) is 2.38. The minimum Gasteiger partial charge on any atom is -0.374 e. The molecule has 16 heavy (non-hydrogen) atoms. The number of nitrogens with two attached hydrogens (primary N) is 1. The van der Waals surface area contributed by atoms with E-state index in [2.05, 4.69) is 33.9 Å². The van der Waals surface area contributed by atoms with Crippen LogP contribution < -0.4 is 5.73 Å². The van der Waals surface area contributed by atoms with E-state index in [-0.39, 0.29) is 0 Å². The van der Waals surface area contributed by atoms with Crippen LogP contribution in [-0.2, 0) is 0 Å². The maximum absolute atomic E-state index is 5.17. The lowest BCUT2D eigenvalue weighted by Crippen LogP contribution is -1.79. The van der Waals surface area contributed by atoms with Crippen molar-refractivity contribution in [2.24, 2.45) is 0 Å². The molecule has 4 nitrogen and oxygen atoms in total. The third kappa shape index (κ3) is 2.91. The highest BCUT2D eigenvalue weighted by molar-refractivity contribution is 7.82. The number of anilines is 1. The van der Waals surface area contributed by atoms with Gasteiger partial charge in [0.15, 0.2) is 4.34 Å². The van der Waals surface area contributed by atoms with Gasteiger partial charge in [-0.05, 0) is 12.1 Å². The first kappa shape index (κ1) is 11.3. The number of rotatable bonds is 0. The zero-order valence-electron chi connectivity index (χ0n) is 8.07. The summed E-state index contributed by atoms with van der Waals surface area (Å²) in [6.07, 6.45) is 0. The molecular formula is C9H8N4S3. The number of aromatic nitrogens is 3. The Morgan fingerprint density at radius 1 is 1.19 bits per heavy atom. The molecule has 0 atom stereocenters. The quantitative estimate of drug-likeness (QED) is 0.615. The van der Waals surface area contributed by atoms with Crippen molar-refractivity contribution in [1.82, 2.24) is 15.2 Å². The molecule has 0 amide bonds. The lowest BCUT2D eigenvalue weighted by molar-refractivity contribution is 1.02. The predicted octanol–water partition coefficient (Wildman–Crippen LogP) is 2.71. The van der Waals surface area contributed by atoms with Gasteiger partial charge in [0.05, 0.1) is 15.7 Å². The van der Waals surface area contributed by atoms with Crippen LogP contribution in [0.3, 0.4) is 0 Å². The van der Waals surface area contributed by atoms with Crippen molar-refractivity contribution >= 4 is 50.7 Å². The average molecular weight is 268 g/mol. The van der Waals surface area contributed by atoms with E-state index >= 15 is 0 Å². The first-order valence-electron chi connectivity index (χ1n) is 4.32. The summed E-state index contributed by atoms with van der Waals surface area (Å²) in [5.74, 6) is 0. The van der Waals surface area contributed by atoms with Gasteiger partial charge < -0.3 is 5.73 Å². The first-order chi connectivity index (χ1) is 7.75. The molecule has 0 unspecified atom stereocenters. The predicted molar refractivity (Wildman–Crippen MR) is 71.2 cm³/mol. The third-order valence-electron chi connectivity index (χ3n) is 1.67. The van der Waals surface area contributed by atoms with Crippen LogP contribution in [0.1, 0.15) is 0 Å². The van der Waals surface area contributed by atoms with Crippen LogP contribution in [0, 0.1) is 0 Å². The Morgan fingerprint density at radius 3 is 2.56 bits per heavy atom. The first-order valence-corrected chi connectivity index (χ1v) is 6.46. The molecule has 2 heterocycles. The molecule has 7 heteroatoms. The number of benzene rings is 1. The van der Waals surface area contributed by atoms with E-state index in [1.807, 2.05) is 23.7 Å². The fourth-order valence-electron chi connectivity index (χ4n) is 1.03. The van der Waals surface area contributed by atoms with Gasteiger partial charge >= 0.3 is 0 Å². The van der Waals surface area contributed by atoms with Crippen molar-refractivity contribution in [3.8, 4) is 0 Å². The standard InChI is InChI=1S/C7H5NS.C2H3N3S2/c1-2-4-7-6(3-1)8-5-9-7;3-1-4-5-2(6)7-1/h1-5H;(H2,3,4)(H,5,6). The van der Waals surface area contributed by atoms with Crippen LogP contribution in [0.15, 0.2) is 34.1 Å². The molecule has 3 rings (SSSR count). The zero-order valence-corrected chi connectivity index (χ0v) is 10.6. The lowest BCUT2D eigenvalue weighted by atomic mass is 10.3. The van der Waals surface area contributed by atoms with Gasteiger partial charge in [-0.1, -0.05) is 23.5 Å². The second-order valence-electron chi connectivity index (χ2n) is 2.74. The highest BCUT2D eigenvalue weighted by Crippen LogP contribution is 2.15. The molecule has 0 aliphatic rings. The van der Waals surface area contributed by atoms with E-state index < -0.39 is 0 Å². The highest BCUT2D eigenvalue weighted by Gasteiger charge is 1.90.